The van der Waals surface area contributed by atoms with Crippen LogP contribution in [0.3, 0.4) is 0 Å². The molecule has 1 atom stereocenters. The van der Waals surface area contributed by atoms with Crippen LogP contribution in [0.2, 0.25) is 0 Å². The van der Waals surface area contributed by atoms with E-state index in [2.05, 4.69) is 27.1 Å². The monoisotopic (exact) mass is 394 g/mol. The van der Waals surface area contributed by atoms with Gasteiger partial charge in [-0.25, -0.2) is 9.97 Å². The van der Waals surface area contributed by atoms with Gasteiger partial charge in [0.25, 0.3) is 0 Å². The first-order valence-electron chi connectivity index (χ1n) is 9.28. The van der Waals surface area contributed by atoms with Crippen molar-refractivity contribution in [2.24, 2.45) is 0 Å². The lowest BCUT2D eigenvalue weighted by atomic mass is 10.1. The summed E-state index contributed by atoms with van der Waals surface area (Å²) >= 11 is 1.56. The van der Waals surface area contributed by atoms with Crippen molar-refractivity contribution < 1.29 is 9.53 Å². The Morgan fingerprint density at radius 3 is 2.82 bits per heavy atom. The Bertz CT molecular complexity index is 957. The number of amides is 1. The highest BCUT2D eigenvalue weighted by Crippen LogP contribution is 2.28. The second-order valence-electron chi connectivity index (χ2n) is 6.89. The third-order valence-corrected chi connectivity index (χ3v) is 5.73. The zero-order chi connectivity index (χ0) is 19.5. The van der Waals surface area contributed by atoms with Gasteiger partial charge in [-0.3, -0.25) is 4.79 Å². The van der Waals surface area contributed by atoms with Gasteiger partial charge in [-0.1, -0.05) is 6.07 Å². The van der Waals surface area contributed by atoms with Crippen LogP contribution >= 0.6 is 11.3 Å². The van der Waals surface area contributed by atoms with Gasteiger partial charge in [0.15, 0.2) is 5.13 Å². The summed E-state index contributed by atoms with van der Waals surface area (Å²) in [6.07, 6.45) is 5.20. The zero-order valence-corrected chi connectivity index (χ0v) is 16.7. The van der Waals surface area contributed by atoms with Gasteiger partial charge in [-0.05, 0) is 56.0 Å². The van der Waals surface area contributed by atoms with Crippen LogP contribution in [0.1, 0.15) is 24.0 Å². The number of carbonyl (C=O) groups is 1. The number of pyridine rings is 1. The van der Waals surface area contributed by atoms with E-state index in [1.54, 1.807) is 29.8 Å². The molecule has 1 saturated heterocycles. The quantitative estimate of drug-likeness (QED) is 0.687. The van der Waals surface area contributed by atoms with Crippen LogP contribution in [-0.4, -0.2) is 28.5 Å². The Labute approximate surface area is 168 Å². The molecule has 0 unspecified atom stereocenters. The molecule has 0 spiro atoms. The summed E-state index contributed by atoms with van der Waals surface area (Å²) < 4.78 is 5.80. The van der Waals surface area contributed by atoms with Gasteiger partial charge in [0.2, 0.25) is 11.8 Å². The van der Waals surface area contributed by atoms with Gasteiger partial charge >= 0.3 is 0 Å². The SMILES string of the molecule is Cc1ccc(Oc2ccc(NC(=O)[C@H]3CCCN3c3nccs3)cn2)cc1C. The molecule has 3 aromatic rings. The van der Waals surface area contributed by atoms with Crippen LogP contribution in [0.4, 0.5) is 10.8 Å². The van der Waals surface area contributed by atoms with Crippen molar-refractivity contribution in [1.29, 1.82) is 0 Å². The smallest absolute Gasteiger partial charge is 0.247 e. The lowest BCUT2D eigenvalue weighted by Gasteiger charge is -2.23. The van der Waals surface area contributed by atoms with E-state index in [0.717, 1.165) is 30.3 Å². The molecule has 1 fully saturated rings. The van der Waals surface area contributed by atoms with E-state index in [1.165, 1.54) is 11.1 Å². The maximum atomic E-state index is 12.7. The van der Waals surface area contributed by atoms with E-state index in [0.29, 0.717) is 11.6 Å². The summed E-state index contributed by atoms with van der Waals surface area (Å²) in [5.74, 6) is 1.21. The van der Waals surface area contributed by atoms with Crippen molar-refractivity contribution in [3.05, 3.63) is 59.2 Å². The summed E-state index contributed by atoms with van der Waals surface area (Å²) in [5.41, 5.74) is 3.04. The standard InChI is InChI=1S/C21H22N4O2S/c1-14-5-7-17(12-15(14)2)27-19-8-6-16(13-23-19)24-20(26)18-4-3-10-25(18)21-22-9-11-28-21/h5-9,11-13,18H,3-4,10H2,1-2H3,(H,24,26)/t18-/m1/s1. The van der Waals surface area contributed by atoms with E-state index in [1.807, 2.05) is 36.6 Å². The Morgan fingerprint density at radius 2 is 2.11 bits per heavy atom. The van der Waals surface area contributed by atoms with Crippen molar-refractivity contribution in [2.75, 3.05) is 16.8 Å². The van der Waals surface area contributed by atoms with Crippen LogP contribution in [0.5, 0.6) is 11.6 Å². The van der Waals surface area contributed by atoms with Gasteiger partial charge in [0.05, 0.1) is 11.9 Å². The van der Waals surface area contributed by atoms with Crippen molar-refractivity contribution in [1.82, 2.24) is 9.97 Å². The second-order valence-corrected chi connectivity index (χ2v) is 7.76. The molecular weight excluding hydrogens is 372 g/mol. The van der Waals surface area contributed by atoms with E-state index in [9.17, 15) is 4.79 Å². The van der Waals surface area contributed by atoms with E-state index >= 15 is 0 Å². The number of nitrogens with zero attached hydrogens (tertiary/aromatic N) is 3. The summed E-state index contributed by atoms with van der Waals surface area (Å²) in [5, 5.41) is 5.79. The van der Waals surface area contributed by atoms with E-state index in [4.69, 9.17) is 4.74 Å². The number of thiazole rings is 1. The molecule has 1 aliphatic rings. The molecule has 1 N–H and O–H groups in total. The van der Waals surface area contributed by atoms with Crippen molar-refractivity contribution in [2.45, 2.75) is 32.7 Å². The highest BCUT2D eigenvalue weighted by Gasteiger charge is 2.32. The summed E-state index contributed by atoms with van der Waals surface area (Å²) in [6, 6.07) is 9.31. The summed E-state index contributed by atoms with van der Waals surface area (Å²) in [6.45, 7) is 4.97. The van der Waals surface area contributed by atoms with Gasteiger partial charge in [-0.15, -0.1) is 11.3 Å². The maximum Gasteiger partial charge on any atom is 0.247 e. The zero-order valence-electron chi connectivity index (χ0n) is 15.9. The van der Waals surface area contributed by atoms with Crippen LogP contribution in [0, 0.1) is 13.8 Å². The fraction of sp³-hybridized carbons (Fsp3) is 0.286. The van der Waals surface area contributed by atoms with Crippen molar-refractivity contribution in [3.8, 4) is 11.6 Å². The predicted octanol–water partition coefficient (Wildman–Crippen LogP) is 4.55. The highest BCUT2D eigenvalue weighted by atomic mass is 32.1. The molecule has 0 radical (unpaired) electrons. The molecule has 28 heavy (non-hydrogen) atoms. The van der Waals surface area contributed by atoms with Crippen molar-refractivity contribution >= 4 is 28.1 Å². The third kappa shape index (κ3) is 3.99. The average molecular weight is 395 g/mol. The number of anilines is 2. The summed E-state index contributed by atoms with van der Waals surface area (Å²) in [7, 11) is 0. The number of nitrogens with one attached hydrogen (secondary N) is 1. The van der Waals surface area contributed by atoms with Gasteiger partial charge in [-0.2, -0.15) is 0 Å². The van der Waals surface area contributed by atoms with Crippen LogP contribution < -0.4 is 15.0 Å². The first-order chi connectivity index (χ1) is 13.6. The number of rotatable bonds is 5. The minimum Gasteiger partial charge on any atom is -0.439 e. The normalized spacial score (nSPS) is 16.2. The number of hydrogen-bond donors (Lipinski definition) is 1. The lowest BCUT2D eigenvalue weighted by Crippen LogP contribution is -2.39. The maximum absolute atomic E-state index is 12.7. The first kappa shape index (κ1) is 18.4. The van der Waals surface area contributed by atoms with Gasteiger partial charge in [0.1, 0.15) is 11.8 Å². The molecule has 1 amide bonds. The number of benzene rings is 1. The molecule has 144 valence electrons. The number of aryl methyl sites for hydroxylation is 2. The number of ether oxygens (including phenoxy) is 1. The number of aromatic nitrogens is 2. The molecule has 0 bridgehead atoms. The molecule has 4 rings (SSSR count). The van der Waals surface area contributed by atoms with Crippen LogP contribution in [0.25, 0.3) is 0 Å². The minimum absolute atomic E-state index is 0.0303. The van der Waals surface area contributed by atoms with Gasteiger partial charge < -0.3 is 15.0 Å². The topological polar surface area (TPSA) is 67.3 Å². The van der Waals surface area contributed by atoms with E-state index in [-0.39, 0.29) is 11.9 Å². The lowest BCUT2D eigenvalue weighted by molar-refractivity contribution is -0.117. The molecular formula is C21H22N4O2S. The second kappa shape index (κ2) is 7.98. The van der Waals surface area contributed by atoms with Gasteiger partial charge in [0, 0.05) is 24.2 Å². The summed E-state index contributed by atoms with van der Waals surface area (Å²) in [4.78, 5) is 23.5. The molecule has 0 saturated carbocycles. The molecule has 3 heterocycles. The Kier molecular flexibility index (Phi) is 5.25. The van der Waals surface area contributed by atoms with E-state index < -0.39 is 0 Å². The third-order valence-electron chi connectivity index (χ3n) is 4.93. The Hall–Kier alpha value is -2.93. The molecule has 6 nitrogen and oxygen atoms in total. The molecule has 1 aromatic carbocycles. The predicted molar refractivity (Wildman–Crippen MR) is 111 cm³/mol. The fourth-order valence-corrected chi connectivity index (χ4v) is 3.98. The fourth-order valence-electron chi connectivity index (χ4n) is 3.26. The molecule has 2 aromatic heterocycles. The molecule has 0 aliphatic carbocycles. The highest BCUT2D eigenvalue weighted by molar-refractivity contribution is 7.13. The first-order valence-corrected chi connectivity index (χ1v) is 10.2. The number of hydrogen-bond acceptors (Lipinski definition) is 6. The molecule has 7 heteroatoms. The Balaban J connectivity index is 1.40. The Morgan fingerprint density at radius 1 is 1.21 bits per heavy atom. The van der Waals surface area contributed by atoms with Crippen LogP contribution in [-0.2, 0) is 4.79 Å². The number of carbonyl (C=O) groups excluding carboxylic acids is 1. The largest absolute Gasteiger partial charge is 0.439 e. The van der Waals surface area contributed by atoms with Crippen LogP contribution in [0.15, 0.2) is 48.1 Å². The average Bonchev–Trinajstić information content (AvgIpc) is 3.37. The van der Waals surface area contributed by atoms with Crippen molar-refractivity contribution in [3.63, 3.8) is 0 Å². The molecule has 1 aliphatic heterocycles. The minimum atomic E-state index is -0.197.